The second-order valence-corrected chi connectivity index (χ2v) is 7.16. The zero-order valence-electron chi connectivity index (χ0n) is 14.0. The van der Waals surface area contributed by atoms with Crippen molar-refractivity contribution in [2.45, 2.75) is 44.1 Å². The number of halogens is 4. The van der Waals surface area contributed by atoms with Crippen LogP contribution in [0, 0.1) is 34.6 Å². The number of carbonyl (C=O) groups is 1. The van der Waals surface area contributed by atoms with Gasteiger partial charge in [0.15, 0.2) is 23.3 Å². The van der Waals surface area contributed by atoms with Crippen molar-refractivity contribution in [3.8, 4) is 6.07 Å². The lowest BCUT2D eigenvalue weighted by atomic mass is 10.2. The van der Waals surface area contributed by atoms with Gasteiger partial charge in [0.1, 0.15) is 17.2 Å². The van der Waals surface area contributed by atoms with Gasteiger partial charge >= 0.3 is 6.09 Å². The molecule has 138 valence electrons. The number of rotatable bonds is 6. The van der Waals surface area contributed by atoms with E-state index < -0.39 is 45.4 Å². The summed E-state index contributed by atoms with van der Waals surface area (Å²) in [7, 11) is 0. The van der Waals surface area contributed by atoms with E-state index in [1.54, 1.807) is 20.8 Å². The van der Waals surface area contributed by atoms with E-state index >= 15 is 0 Å². The fraction of sp³-hybridized carbons (Fsp3) is 0.500. The SMILES string of the molecule is CC(C)(C)OC(=O)NCCCCSc1c(F)c(F)c(C#N)c(F)c1F. The molecule has 0 saturated carbocycles. The van der Waals surface area contributed by atoms with Crippen LogP contribution in [0.25, 0.3) is 0 Å². The second-order valence-electron chi connectivity index (χ2n) is 6.06. The Morgan fingerprint density at radius 1 is 1.12 bits per heavy atom. The summed E-state index contributed by atoms with van der Waals surface area (Å²) in [6.07, 6.45) is 0.340. The van der Waals surface area contributed by atoms with Crippen LogP contribution in [-0.4, -0.2) is 24.0 Å². The first-order valence-electron chi connectivity index (χ1n) is 7.44. The van der Waals surface area contributed by atoms with Crippen LogP contribution in [0.4, 0.5) is 22.4 Å². The molecule has 9 heteroatoms. The second kappa shape index (κ2) is 8.94. The lowest BCUT2D eigenvalue weighted by Crippen LogP contribution is -2.33. The summed E-state index contributed by atoms with van der Waals surface area (Å²) >= 11 is 0.607. The van der Waals surface area contributed by atoms with E-state index in [9.17, 15) is 22.4 Å². The molecule has 0 aromatic heterocycles. The van der Waals surface area contributed by atoms with Crippen molar-refractivity contribution in [3.05, 3.63) is 28.8 Å². The van der Waals surface area contributed by atoms with Crippen LogP contribution in [-0.2, 0) is 4.74 Å². The minimum atomic E-state index is -1.70. The third-order valence-corrected chi connectivity index (χ3v) is 3.96. The molecule has 0 aliphatic rings. The normalized spacial score (nSPS) is 11.1. The standard InChI is InChI=1S/C16H18F4N2O2S/c1-16(2,3)24-15(23)22-6-4-5-7-25-14-12(19)10(17)9(8-21)11(18)13(14)20/h4-7H2,1-3H3,(H,22,23). The Morgan fingerprint density at radius 2 is 1.68 bits per heavy atom. The number of hydrogen-bond acceptors (Lipinski definition) is 4. The summed E-state index contributed by atoms with van der Waals surface area (Å²) in [5.41, 5.74) is -1.89. The van der Waals surface area contributed by atoms with Crippen molar-refractivity contribution in [2.24, 2.45) is 0 Å². The van der Waals surface area contributed by atoms with Crippen molar-refractivity contribution in [2.75, 3.05) is 12.3 Å². The number of unbranched alkanes of at least 4 members (excludes halogenated alkanes) is 1. The zero-order chi connectivity index (χ0) is 19.2. The average Bonchev–Trinajstić information content (AvgIpc) is 2.50. The molecule has 1 rings (SSSR count). The topological polar surface area (TPSA) is 62.1 Å². The van der Waals surface area contributed by atoms with Gasteiger partial charge in [0.05, 0.1) is 4.90 Å². The summed E-state index contributed by atoms with van der Waals surface area (Å²) < 4.78 is 59.4. The molecule has 0 spiro atoms. The molecular weight excluding hydrogens is 360 g/mol. The first-order chi connectivity index (χ1) is 11.6. The number of amides is 1. The summed E-state index contributed by atoms with van der Waals surface area (Å²) in [6.45, 7) is 5.46. The van der Waals surface area contributed by atoms with Crippen LogP contribution in [0.5, 0.6) is 0 Å². The molecule has 0 aliphatic heterocycles. The minimum Gasteiger partial charge on any atom is -0.444 e. The van der Waals surface area contributed by atoms with Gasteiger partial charge in [-0.05, 0) is 39.4 Å². The van der Waals surface area contributed by atoms with Crippen molar-refractivity contribution < 1.29 is 27.1 Å². The maximum atomic E-state index is 13.7. The molecule has 1 aromatic carbocycles. The summed E-state index contributed by atoms with van der Waals surface area (Å²) in [5.74, 6) is -6.38. The fourth-order valence-corrected chi connectivity index (χ4v) is 2.73. The van der Waals surface area contributed by atoms with Crippen molar-refractivity contribution in [1.29, 1.82) is 5.26 Å². The van der Waals surface area contributed by atoms with Gasteiger partial charge in [-0.2, -0.15) is 5.26 Å². The number of thioether (sulfide) groups is 1. The molecule has 1 aromatic rings. The molecule has 0 atom stereocenters. The number of carbonyl (C=O) groups excluding carboxylic acids is 1. The highest BCUT2D eigenvalue weighted by molar-refractivity contribution is 7.99. The molecule has 4 nitrogen and oxygen atoms in total. The molecule has 25 heavy (non-hydrogen) atoms. The third-order valence-electron chi connectivity index (χ3n) is 2.82. The summed E-state index contributed by atoms with van der Waals surface area (Å²) in [6, 6.07) is 1.09. The van der Waals surface area contributed by atoms with Gasteiger partial charge in [-0.1, -0.05) is 0 Å². The van der Waals surface area contributed by atoms with E-state index in [-0.39, 0.29) is 12.3 Å². The van der Waals surface area contributed by atoms with E-state index in [0.717, 1.165) is 6.07 Å². The van der Waals surface area contributed by atoms with Gasteiger partial charge in [0.2, 0.25) is 0 Å². The maximum Gasteiger partial charge on any atom is 0.407 e. The minimum absolute atomic E-state index is 0.175. The number of hydrogen-bond donors (Lipinski definition) is 1. The van der Waals surface area contributed by atoms with Gasteiger partial charge in [-0.25, -0.2) is 22.4 Å². The quantitative estimate of drug-likeness (QED) is 0.342. The van der Waals surface area contributed by atoms with E-state index in [1.165, 1.54) is 0 Å². The average molecular weight is 378 g/mol. The van der Waals surface area contributed by atoms with E-state index in [0.29, 0.717) is 24.6 Å². The predicted molar refractivity (Wildman–Crippen MR) is 85.2 cm³/mol. The number of alkyl carbamates (subject to hydrolysis) is 1. The third kappa shape index (κ3) is 6.12. The number of nitrogens with one attached hydrogen (secondary N) is 1. The zero-order valence-corrected chi connectivity index (χ0v) is 14.8. The lowest BCUT2D eigenvalue weighted by molar-refractivity contribution is 0.0527. The Bertz CT molecular complexity index is 655. The summed E-state index contributed by atoms with van der Waals surface area (Å²) in [4.78, 5) is 10.6. The molecular formula is C16H18F4N2O2S. The molecule has 0 heterocycles. The molecule has 0 radical (unpaired) electrons. The Hall–Kier alpha value is -1.95. The highest BCUT2D eigenvalue weighted by Crippen LogP contribution is 2.31. The van der Waals surface area contributed by atoms with Crippen LogP contribution in [0.15, 0.2) is 4.90 Å². The Labute approximate surface area is 147 Å². The van der Waals surface area contributed by atoms with Gasteiger partial charge in [0.25, 0.3) is 0 Å². The van der Waals surface area contributed by atoms with Gasteiger partial charge < -0.3 is 10.1 Å². The Morgan fingerprint density at radius 3 is 2.16 bits per heavy atom. The van der Waals surface area contributed by atoms with Gasteiger partial charge in [-0.3, -0.25) is 0 Å². The van der Waals surface area contributed by atoms with Crippen LogP contribution in [0.1, 0.15) is 39.2 Å². The van der Waals surface area contributed by atoms with Crippen LogP contribution < -0.4 is 5.32 Å². The monoisotopic (exact) mass is 378 g/mol. The van der Waals surface area contributed by atoms with Crippen molar-refractivity contribution >= 4 is 17.9 Å². The number of nitrogens with zero attached hydrogens (tertiary/aromatic N) is 1. The molecule has 1 amide bonds. The summed E-state index contributed by atoms with van der Waals surface area (Å²) in [5, 5.41) is 11.0. The van der Waals surface area contributed by atoms with Gasteiger partial charge in [-0.15, -0.1) is 11.8 Å². The molecule has 0 unspecified atom stereocenters. The Balaban J connectivity index is 2.48. The lowest BCUT2D eigenvalue weighted by Gasteiger charge is -2.19. The largest absolute Gasteiger partial charge is 0.444 e. The van der Waals surface area contributed by atoms with Crippen LogP contribution in [0.3, 0.4) is 0 Å². The number of nitriles is 1. The molecule has 0 aliphatic carbocycles. The Kier molecular flexibility index (Phi) is 7.55. The van der Waals surface area contributed by atoms with Crippen molar-refractivity contribution in [1.82, 2.24) is 5.32 Å². The highest BCUT2D eigenvalue weighted by atomic mass is 32.2. The smallest absolute Gasteiger partial charge is 0.407 e. The van der Waals surface area contributed by atoms with Gasteiger partial charge in [0, 0.05) is 6.54 Å². The first kappa shape index (κ1) is 21.1. The number of benzene rings is 1. The van der Waals surface area contributed by atoms with Crippen molar-refractivity contribution in [3.63, 3.8) is 0 Å². The van der Waals surface area contributed by atoms with Crippen LogP contribution in [0.2, 0.25) is 0 Å². The maximum absolute atomic E-state index is 13.7. The molecule has 0 fully saturated rings. The first-order valence-corrected chi connectivity index (χ1v) is 8.42. The highest BCUT2D eigenvalue weighted by Gasteiger charge is 2.25. The number of ether oxygens (including phenoxy) is 1. The predicted octanol–water partition coefficient (Wildman–Crippen LogP) is 4.51. The van der Waals surface area contributed by atoms with Crippen LogP contribution >= 0.6 is 11.8 Å². The van der Waals surface area contributed by atoms with E-state index in [4.69, 9.17) is 10.00 Å². The fourth-order valence-electron chi connectivity index (χ4n) is 1.74. The van der Waals surface area contributed by atoms with E-state index in [2.05, 4.69) is 5.32 Å². The molecule has 0 bridgehead atoms. The molecule has 1 N–H and O–H groups in total. The van der Waals surface area contributed by atoms with E-state index in [1.807, 2.05) is 0 Å². The molecule has 0 saturated heterocycles.